The van der Waals surface area contributed by atoms with Crippen LogP contribution in [0.5, 0.6) is 5.75 Å². The largest absolute Gasteiger partial charge is 0.506 e. The van der Waals surface area contributed by atoms with Crippen LogP contribution in [0.1, 0.15) is 23.4 Å². The van der Waals surface area contributed by atoms with E-state index in [9.17, 15) is 14.7 Å². The first kappa shape index (κ1) is 20.9. The Bertz CT molecular complexity index is 1370. The summed E-state index contributed by atoms with van der Waals surface area (Å²) < 4.78 is 6.75. The van der Waals surface area contributed by atoms with Gasteiger partial charge in [-0.05, 0) is 36.6 Å². The Labute approximate surface area is 188 Å². The summed E-state index contributed by atoms with van der Waals surface area (Å²) in [6.45, 7) is 1.71. The second-order valence-corrected chi connectivity index (χ2v) is 9.25. The van der Waals surface area contributed by atoms with E-state index in [0.717, 1.165) is 16.2 Å². The smallest absolute Gasteiger partial charge is 0.338 e. The minimum Gasteiger partial charge on any atom is -0.506 e. The Hall–Kier alpha value is -2.39. The van der Waals surface area contributed by atoms with Crippen molar-refractivity contribution >= 4 is 57.9 Å². The predicted molar refractivity (Wildman–Crippen MR) is 118 cm³/mol. The molecule has 154 valence electrons. The van der Waals surface area contributed by atoms with Crippen LogP contribution in [0.25, 0.3) is 6.08 Å². The molecule has 0 saturated carbocycles. The van der Waals surface area contributed by atoms with Crippen LogP contribution in [0.2, 0.25) is 10.0 Å². The molecule has 0 fully saturated rings. The molecule has 3 aromatic rings. The molecule has 1 N–H and O–H groups in total. The van der Waals surface area contributed by atoms with Crippen LogP contribution < -0.4 is 14.9 Å². The quantitative estimate of drug-likeness (QED) is 0.581. The molecule has 1 unspecified atom stereocenters. The first-order valence-electron chi connectivity index (χ1n) is 8.64. The molecule has 2 aromatic heterocycles. The van der Waals surface area contributed by atoms with Gasteiger partial charge in [0.1, 0.15) is 11.8 Å². The van der Waals surface area contributed by atoms with Gasteiger partial charge in [-0.15, -0.1) is 11.3 Å². The molecule has 4 rings (SSSR count). The molecule has 0 spiro atoms. The predicted octanol–water partition coefficient (Wildman–Crippen LogP) is 3.48. The molecule has 0 amide bonds. The molecule has 6 nitrogen and oxygen atoms in total. The van der Waals surface area contributed by atoms with E-state index < -0.39 is 12.0 Å². The highest BCUT2D eigenvalue weighted by Crippen LogP contribution is 2.33. The molecule has 30 heavy (non-hydrogen) atoms. The van der Waals surface area contributed by atoms with Crippen LogP contribution in [0.4, 0.5) is 0 Å². The van der Waals surface area contributed by atoms with Gasteiger partial charge in [0.25, 0.3) is 5.56 Å². The van der Waals surface area contributed by atoms with Gasteiger partial charge in [-0.1, -0.05) is 40.6 Å². The lowest BCUT2D eigenvalue weighted by atomic mass is 10.0. The third-order valence-electron chi connectivity index (χ3n) is 4.58. The molecular weight excluding hydrogens is 467 g/mol. The minimum atomic E-state index is -0.646. The number of fused-ring (bicyclic) bond motifs is 1. The number of nitrogens with zero attached hydrogens (tertiary/aromatic N) is 2. The van der Waals surface area contributed by atoms with E-state index in [4.69, 9.17) is 27.9 Å². The van der Waals surface area contributed by atoms with Crippen molar-refractivity contribution < 1.29 is 14.6 Å². The second kappa shape index (κ2) is 8.03. The number of rotatable bonds is 3. The zero-order valence-corrected chi connectivity index (χ0v) is 18.8. The number of aromatic hydroxyl groups is 1. The van der Waals surface area contributed by atoms with Gasteiger partial charge in [0.05, 0.1) is 27.9 Å². The molecule has 0 radical (unpaired) electrons. The van der Waals surface area contributed by atoms with Gasteiger partial charge in [0.15, 0.2) is 4.80 Å². The molecule has 1 aromatic carbocycles. The fraction of sp³-hybridized carbons (Fsp3) is 0.150. The average molecular weight is 481 g/mol. The van der Waals surface area contributed by atoms with Crippen LogP contribution in [0, 0.1) is 0 Å². The van der Waals surface area contributed by atoms with E-state index in [1.54, 1.807) is 6.92 Å². The van der Waals surface area contributed by atoms with Gasteiger partial charge in [-0.2, -0.15) is 0 Å². The van der Waals surface area contributed by atoms with E-state index in [-0.39, 0.29) is 16.3 Å². The van der Waals surface area contributed by atoms with E-state index >= 15 is 0 Å². The maximum absolute atomic E-state index is 13.3. The number of thiazole rings is 1. The molecule has 0 saturated heterocycles. The molecule has 10 heteroatoms. The summed E-state index contributed by atoms with van der Waals surface area (Å²) >= 11 is 14.6. The van der Waals surface area contributed by atoms with Crippen molar-refractivity contribution in [1.82, 2.24) is 4.57 Å². The lowest BCUT2D eigenvalue weighted by Crippen LogP contribution is -2.39. The van der Waals surface area contributed by atoms with Crippen LogP contribution in [-0.2, 0) is 9.53 Å². The Kier molecular flexibility index (Phi) is 5.59. The lowest BCUT2D eigenvalue weighted by molar-refractivity contribution is -0.136. The third kappa shape index (κ3) is 3.50. The maximum atomic E-state index is 13.3. The first-order valence-corrected chi connectivity index (χ1v) is 11.1. The number of carbonyl (C=O) groups excluding carboxylic acids is 1. The van der Waals surface area contributed by atoms with Crippen molar-refractivity contribution in [3.8, 4) is 5.75 Å². The second-order valence-electron chi connectivity index (χ2n) is 6.41. The summed E-state index contributed by atoms with van der Waals surface area (Å²) in [7, 11) is 1.30. The van der Waals surface area contributed by atoms with Crippen molar-refractivity contribution in [1.29, 1.82) is 0 Å². The standard InChI is InChI=1S/C20H14Cl2N2O4S2/c1-9-15(19(27)28-2)16(13-4-3-5-29-13)24-18(26)14(30-20(24)23-9)7-10-6-11(21)8-12(22)17(10)25/h3-8,16,25H,1-2H3/b14-7+. The first-order chi connectivity index (χ1) is 14.3. The van der Waals surface area contributed by atoms with Crippen LogP contribution in [-0.4, -0.2) is 22.8 Å². The number of hydrogen-bond acceptors (Lipinski definition) is 7. The third-order valence-corrected chi connectivity index (χ3v) is 7.00. The van der Waals surface area contributed by atoms with Crippen LogP contribution in [0.15, 0.2) is 50.7 Å². The van der Waals surface area contributed by atoms with Crippen molar-refractivity contribution in [3.05, 3.63) is 81.1 Å². The van der Waals surface area contributed by atoms with Crippen LogP contribution in [0.3, 0.4) is 0 Å². The van der Waals surface area contributed by atoms with Gasteiger partial charge in [-0.25, -0.2) is 9.79 Å². The summed E-state index contributed by atoms with van der Waals surface area (Å²) in [5.74, 6) is -0.712. The Balaban J connectivity index is 1.99. The van der Waals surface area contributed by atoms with Gasteiger partial charge >= 0.3 is 5.97 Å². The highest BCUT2D eigenvalue weighted by Gasteiger charge is 2.33. The van der Waals surface area contributed by atoms with Crippen LogP contribution >= 0.6 is 45.9 Å². The highest BCUT2D eigenvalue weighted by atomic mass is 35.5. The summed E-state index contributed by atoms with van der Waals surface area (Å²) in [6.07, 6.45) is 1.51. The number of methoxy groups -OCH3 is 1. The summed E-state index contributed by atoms with van der Waals surface area (Å²) in [5, 5.41) is 12.5. The number of aromatic nitrogens is 1. The summed E-state index contributed by atoms with van der Waals surface area (Å²) in [4.78, 5) is 31.6. The Morgan fingerprint density at radius 2 is 2.13 bits per heavy atom. The normalized spacial score (nSPS) is 16.4. The number of esters is 1. The number of phenols is 1. The van der Waals surface area contributed by atoms with E-state index in [2.05, 4.69) is 4.99 Å². The fourth-order valence-electron chi connectivity index (χ4n) is 3.25. The zero-order valence-electron chi connectivity index (χ0n) is 15.7. The molecular formula is C20H14Cl2N2O4S2. The topological polar surface area (TPSA) is 80.9 Å². The number of halogens is 2. The zero-order chi connectivity index (χ0) is 21.6. The highest BCUT2D eigenvalue weighted by molar-refractivity contribution is 7.10. The fourth-order valence-corrected chi connectivity index (χ4v) is 5.62. The molecule has 0 aliphatic carbocycles. The maximum Gasteiger partial charge on any atom is 0.338 e. The Morgan fingerprint density at radius 1 is 1.37 bits per heavy atom. The van der Waals surface area contributed by atoms with E-state index in [1.807, 2.05) is 17.5 Å². The monoisotopic (exact) mass is 480 g/mol. The number of ether oxygens (including phenoxy) is 1. The van der Waals surface area contributed by atoms with Gasteiger partial charge < -0.3 is 9.84 Å². The van der Waals surface area contributed by atoms with Crippen molar-refractivity contribution in [2.24, 2.45) is 4.99 Å². The van der Waals surface area contributed by atoms with Gasteiger partial charge in [0, 0.05) is 15.5 Å². The molecule has 3 heterocycles. The van der Waals surface area contributed by atoms with Crippen molar-refractivity contribution in [2.45, 2.75) is 13.0 Å². The van der Waals surface area contributed by atoms with E-state index in [0.29, 0.717) is 31.2 Å². The number of carbonyl (C=O) groups is 1. The summed E-state index contributed by atoms with van der Waals surface area (Å²) in [5.41, 5.74) is 0.769. The number of benzene rings is 1. The average Bonchev–Trinajstić information content (AvgIpc) is 3.33. The molecule has 1 aliphatic rings. The van der Waals surface area contributed by atoms with Crippen molar-refractivity contribution in [3.63, 3.8) is 0 Å². The molecule has 1 atom stereocenters. The SMILES string of the molecule is COC(=O)C1=C(C)N=c2s/c(=C/c3cc(Cl)cc(Cl)c3O)c(=O)n2C1c1cccs1. The van der Waals surface area contributed by atoms with Gasteiger partial charge in [0.2, 0.25) is 0 Å². The lowest BCUT2D eigenvalue weighted by Gasteiger charge is -2.22. The number of allylic oxidation sites excluding steroid dienone is 1. The molecule has 0 bridgehead atoms. The Morgan fingerprint density at radius 3 is 2.80 bits per heavy atom. The van der Waals surface area contributed by atoms with Gasteiger partial charge in [-0.3, -0.25) is 9.36 Å². The number of phenolic OH excluding ortho intramolecular Hbond substituents is 1. The minimum absolute atomic E-state index is 0.0850. The molecule has 1 aliphatic heterocycles. The van der Waals surface area contributed by atoms with Crippen molar-refractivity contribution in [2.75, 3.05) is 7.11 Å². The number of thiophene rings is 1. The van der Waals surface area contributed by atoms with E-state index in [1.165, 1.54) is 41.2 Å². The summed E-state index contributed by atoms with van der Waals surface area (Å²) in [6, 6.07) is 6.00. The number of hydrogen-bond donors (Lipinski definition) is 1.